The van der Waals surface area contributed by atoms with Gasteiger partial charge in [0, 0.05) is 6.61 Å². The molecule has 0 aliphatic rings. The lowest BCUT2D eigenvalue weighted by Crippen LogP contribution is -1.57. The molecule has 0 fully saturated rings. The number of hydrogen-bond acceptors (Lipinski definition) is 1. The van der Waals surface area contributed by atoms with Crippen molar-refractivity contribution in [3.8, 4) is 0 Å². The molecule has 0 saturated carbocycles. The Bertz CT molecular complexity index is 9.61. The second kappa shape index (κ2) is 19.9. The van der Waals surface area contributed by atoms with Crippen LogP contribution in [0.2, 0.25) is 0 Å². The van der Waals surface area contributed by atoms with E-state index in [1.165, 1.54) is 0 Å². The lowest BCUT2D eigenvalue weighted by Gasteiger charge is -1.52. The van der Waals surface area contributed by atoms with Gasteiger partial charge in [-0.3, -0.25) is 0 Å². The first-order valence-electron chi connectivity index (χ1n) is 1.02. The molecule has 0 bridgehead atoms. The second-order valence-corrected chi connectivity index (χ2v) is 0.316. The van der Waals surface area contributed by atoms with Crippen molar-refractivity contribution in [3.05, 3.63) is 0 Å². The monoisotopic (exact) mass is 108 g/mol. The Balaban J connectivity index is -0.0000000200. The van der Waals surface area contributed by atoms with Gasteiger partial charge in [0.25, 0.3) is 0 Å². The molecule has 0 atom stereocenters. The molecule has 0 radical (unpaired) electrons. The average Bonchev–Trinajstić information content (AvgIpc) is 0.918. The molecule has 3 heteroatoms. The van der Waals surface area contributed by atoms with E-state index in [0.717, 1.165) is 0 Å². The third-order valence-corrected chi connectivity index (χ3v) is 0. The van der Waals surface area contributed by atoms with Gasteiger partial charge >= 0.3 is 23.1 Å². The van der Waals surface area contributed by atoms with Crippen molar-refractivity contribution < 1.29 is 5.11 Å². The van der Waals surface area contributed by atoms with Crippen LogP contribution < -0.4 is 0 Å². The number of aliphatic hydroxyl groups excluding tert-OH is 1. The van der Waals surface area contributed by atoms with Crippen LogP contribution in [0.4, 0.5) is 0 Å². The Morgan fingerprint density at radius 1 is 1.60 bits per heavy atom. The molecule has 0 aromatic rings. The first kappa shape index (κ1) is 16.6. The molecule has 5 heavy (non-hydrogen) atoms. The molecule has 0 heterocycles. The summed E-state index contributed by atoms with van der Waals surface area (Å²) in [5, 5.41) is 7.57. The Kier molecular flexibility index (Phi) is 66.2. The third kappa shape index (κ3) is 44.2. The minimum absolute atomic E-state index is 0. The molecule has 0 aromatic carbocycles. The topological polar surface area (TPSA) is 20.2 Å². The van der Waals surface area contributed by atoms with Gasteiger partial charge < -0.3 is 5.11 Å². The van der Waals surface area contributed by atoms with E-state index in [2.05, 4.69) is 0 Å². The van der Waals surface area contributed by atoms with Gasteiger partial charge in [-0.15, -0.1) is 12.4 Å². The molecular weight excluding hydrogens is 99.8 g/mol. The van der Waals surface area contributed by atoms with Crippen LogP contribution in [-0.4, -0.2) is 34.8 Å². The highest BCUT2D eigenvalue weighted by atomic mass is 35.5. The molecular formula is C2H9ClMgO. The highest BCUT2D eigenvalue weighted by molar-refractivity contribution is 5.85. The van der Waals surface area contributed by atoms with E-state index in [1.807, 2.05) is 0 Å². The SMILES string of the molecule is CCO.Cl.[MgH2]. The largest absolute Gasteiger partial charge is 0.397 e. The van der Waals surface area contributed by atoms with Crippen molar-refractivity contribution in [1.82, 2.24) is 0 Å². The van der Waals surface area contributed by atoms with Crippen molar-refractivity contribution in [2.75, 3.05) is 6.61 Å². The van der Waals surface area contributed by atoms with E-state index < -0.39 is 0 Å². The van der Waals surface area contributed by atoms with Crippen LogP contribution in [0.1, 0.15) is 6.92 Å². The fourth-order valence-electron chi connectivity index (χ4n) is 0. The van der Waals surface area contributed by atoms with Gasteiger partial charge in [0.1, 0.15) is 0 Å². The van der Waals surface area contributed by atoms with Gasteiger partial charge in [0.05, 0.1) is 0 Å². The quantitative estimate of drug-likeness (QED) is 0.416. The van der Waals surface area contributed by atoms with E-state index in [4.69, 9.17) is 5.11 Å². The van der Waals surface area contributed by atoms with E-state index in [0.29, 0.717) is 0 Å². The minimum Gasteiger partial charge on any atom is -0.397 e. The van der Waals surface area contributed by atoms with Crippen LogP contribution in [0, 0.1) is 0 Å². The summed E-state index contributed by atoms with van der Waals surface area (Å²) in [6, 6.07) is 0. The maximum atomic E-state index is 7.57. The first-order chi connectivity index (χ1) is 1.41. The first-order valence-corrected chi connectivity index (χ1v) is 1.02. The molecule has 1 N–H and O–H groups in total. The summed E-state index contributed by atoms with van der Waals surface area (Å²) in [4.78, 5) is 0. The summed E-state index contributed by atoms with van der Waals surface area (Å²) in [6.07, 6.45) is 0. The highest BCUT2D eigenvalue weighted by Crippen LogP contribution is 1.30. The minimum atomic E-state index is 0. The molecule has 0 aliphatic heterocycles. The predicted molar refractivity (Wildman–Crippen MR) is 28.6 cm³/mol. The van der Waals surface area contributed by atoms with Crippen LogP contribution >= 0.6 is 12.4 Å². The normalized spacial score (nSPS) is 3.60. The summed E-state index contributed by atoms with van der Waals surface area (Å²) < 4.78 is 0. The molecule has 32 valence electrons. The summed E-state index contributed by atoms with van der Waals surface area (Å²) in [7, 11) is 0. The third-order valence-electron chi connectivity index (χ3n) is 0. The van der Waals surface area contributed by atoms with Crippen molar-refractivity contribution in [2.45, 2.75) is 6.92 Å². The van der Waals surface area contributed by atoms with Gasteiger partial charge in [-0.25, -0.2) is 0 Å². The molecule has 1 nitrogen and oxygen atoms in total. The standard InChI is InChI=1S/C2H6O.ClH.Mg.2H/c1-2-3;;;;/h3H,2H2,1H3;1H;;;. The molecule has 0 unspecified atom stereocenters. The summed E-state index contributed by atoms with van der Waals surface area (Å²) in [5.41, 5.74) is 0. The number of halogens is 1. The zero-order valence-electron chi connectivity index (χ0n) is 2.56. The van der Waals surface area contributed by atoms with Crippen molar-refractivity contribution in [2.24, 2.45) is 0 Å². The highest BCUT2D eigenvalue weighted by Gasteiger charge is 1.34. The smallest absolute Gasteiger partial charge is 0.316 e. The molecule has 0 amide bonds. The average molecular weight is 109 g/mol. The van der Waals surface area contributed by atoms with Crippen LogP contribution in [-0.2, 0) is 0 Å². The fraction of sp³-hybridized carbons (Fsp3) is 1.00. The van der Waals surface area contributed by atoms with Crippen LogP contribution in [0.5, 0.6) is 0 Å². The maximum Gasteiger partial charge on any atom is 0.316 e. The lowest BCUT2D eigenvalue weighted by molar-refractivity contribution is 0.318. The number of hydrogen-bond donors (Lipinski definition) is 1. The van der Waals surface area contributed by atoms with Gasteiger partial charge in [0.15, 0.2) is 0 Å². The van der Waals surface area contributed by atoms with Gasteiger partial charge in [-0.05, 0) is 6.92 Å². The Hall–Kier alpha value is 1.02. The fourth-order valence-corrected chi connectivity index (χ4v) is 0. The zero-order chi connectivity index (χ0) is 2.71. The molecule has 0 rings (SSSR count). The van der Waals surface area contributed by atoms with Gasteiger partial charge in [-0.2, -0.15) is 0 Å². The van der Waals surface area contributed by atoms with Gasteiger partial charge in [-0.1, -0.05) is 0 Å². The van der Waals surface area contributed by atoms with E-state index in [9.17, 15) is 0 Å². The van der Waals surface area contributed by atoms with Crippen molar-refractivity contribution in [1.29, 1.82) is 0 Å². The Labute approximate surface area is 54.3 Å². The summed E-state index contributed by atoms with van der Waals surface area (Å²) in [5.74, 6) is 0. The zero-order valence-corrected chi connectivity index (χ0v) is 3.38. The summed E-state index contributed by atoms with van der Waals surface area (Å²) >= 11 is 0. The predicted octanol–water partition coefficient (Wildman–Crippen LogP) is -0.496. The Morgan fingerprint density at radius 2 is 1.60 bits per heavy atom. The van der Waals surface area contributed by atoms with Crippen molar-refractivity contribution in [3.63, 3.8) is 0 Å². The van der Waals surface area contributed by atoms with Crippen molar-refractivity contribution >= 4 is 35.5 Å². The Morgan fingerprint density at radius 3 is 1.60 bits per heavy atom. The van der Waals surface area contributed by atoms with Crippen LogP contribution in [0.25, 0.3) is 0 Å². The number of rotatable bonds is 0. The van der Waals surface area contributed by atoms with E-state index in [-0.39, 0.29) is 42.1 Å². The van der Waals surface area contributed by atoms with E-state index >= 15 is 0 Å². The summed E-state index contributed by atoms with van der Waals surface area (Å²) in [6.45, 7) is 1.93. The molecule has 0 spiro atoms. The maximum absolute atomic E-state index is 7.57. The van der Waals surface area contributed by atoms with Crippen LogP contribution in [0.15, 0.2) is 0 Å². The van der Waals surface area contributed by atoms with Crippen LogP contribution in [0.3, 0.4) is 0 Å². The molecule has 0 aromatic heterocycles. The molecule has 0 aliphatic carbocycles. The van der Waals surface area contributed by atoms with E-state index in [1.54, 1.807) is 6.92 Å². The lowest BCUT2D eigenvalue weighted by atomic mass is 10.9. The van der Waals surface area contributed by atoms with Gasteiger partial charge in [0.2, 0.25) is 0 Å². The molecule has 0 saturated heterocycles. The second-order valence-electron chi connectivity index (χ2n) is 0.316. The number of aliphatic hydroxyl groups is 1.